The van der Waals surface area contributed by atoms with Crippen molar-refractivity contribution in [2.24, 2.45) is 11.3 Å². The lowest BCUT2D eigenvalue weighted by Crippen LogP contribution is -2.61. The van der Waals surface area contributed by atoms with E-state index in [1.54, 1.807) is 0 Å². The van der Waals surface area contributed by atoms with Gasteiger partial charge in [-0.3, -0.25) is 20.0 Å². The highest BCUT2D eigenvalue weighted by Crippen LogP contribution is 2.42. The molecule has 1 atom stereocenters. The minimum absolute atomic E-state index is 0.0931. The van der Waals surface area contributed by atoms with Crippen molar-refractivity contribution in [3.8, 4) is 0 Å². The van der Waals surface area contributed by atoms with Crippen LogP contribution in [0.1, 0.15) is 38.5 Å². The van der Waals surface area contributed by atoms with E-state index in [9.17, 15) is 18.4 Å². The summed E-state index contributed by atoms with van der Waals surface area (Å²) in [5, 5.41) is 1.10. The Labute approximate surface area is 122 Å². The van der Waals surface area contributed by atoms with Crippen LogP contribution in [0.25, 0.3) is 0 Å². The van der Waals surface area contributed by atoms with Gasteiger partial charge in [-0.2, -0.15) is 0 Å². The molecule has 5 nitrogen and oxygen atoms in total. The number of nitrogens with one attached hydrogen (secondary N) is 1. The number of amides is 2. The summed E-state index contributed by atoms with van der Waals surface area (Å²) in [5.41, 5.74) is 1.84. The van der Waals surface area contributed by atoms with E-state index in [2.05, 4.69) is 5.43 Å². The summed E-state index contributed by atoms with van der Waals surface area (Å²) in [7, 11) is 0. The number of rotatable bonds is 2. The van der Waals surface area contributed by atoms with Crippen molar-refractivity contribution in [3.63, 3.8) is 0 Å². The molecule has 3 fully saturated rings. The number of nitrogens with zero attached hydrogens (tertiary/aromatic N) is 1. The second-order valence-electron chi connectivity index (χ2n) is 6.36. The van der Waals surface area contributed by atoms with Crippen molar-refractivity contribution >= 4 is 11.8 Å². The van der Waals surface area contributed by atoms with Gasteiger partial charge < -0.3 is 4.74 Å². The normalized spacial score (nSPS) is 31.5. The van der Waals surface area contributed by atoms with Crippen molar-refractivity contribution in [3.05, 3.63) is 0 Å². The zero-order valence-electron chi connectivity index (χ0n) is 11.9. The Balaban J connectivity index is 1.67. The van der Waals surface area contributed by atoms with E-state index in [1.165, 1.54) is 0 Å². The predicted molar refractivity (Wildman–Crippen MR) is 69.2 cm³/mol. The Morgan fingerprint density at radius 3 is 2.57 bits per heavy atom. The Kier molecular flexibility index (Phi) is 3.63. The first-order valence-electron chi connectivity index (χ1n) is 7.50. The van der Waals surface area contributed by atoms with Crippen molar-refractivity contribution in [1.82, 2.24) is 10.4 Å². The highest BCUT2D eigenvalue weighted by Gasteiger charge is 2.50. The largest absolute Gasteiger partial charge is 0.381 e. The molecule has 1 saturated carbocycles. The summed E-state index contributed by atoms with van der Waals surface area (Å²) in [6.45, 7) is 0.826. The number of hydrazine groups is 1. The molecule has 2 amide bonds. The van der Waals surface area contributed by atoms with Gasteiger partial charge in [0.05, 0.1) is 12.0 Å². The van der Waals surface area contributed by atoms with Crippen molar-refractivity contribution in [2.45, 2.75) is 44.4 Å². The summed E-state index contributed by atoms with van der Waals surface area (Å²) in [6, 6.07) is 0. The van der Waals surface area contributed by atoms with Crippen LogP contribution >= 0.6 is 0 Å². The van der Waals surface area contributed by atoms with Crippen molar-refractivity contribution < 1.29 is 23.1 Å². The zero-order chi connectivity index (χ0) is 15.1. The molecule has 0 radical (unpaired) electrons. The molecule has 0 aromatic rings. The molecule has 3 rings (SSSR count). The van der Waals surface area contributed by atoms with E-state index in [1.807, 2.05) is 0 Å². The van der Waals surface area contributed by atoms with Crippen LogP contribution in [-0.4, -0.2) is 42.5 Å². The van der Waals surface area contributed by atoms with E-state index >= 15 is 0 Å². The lowest BCUT2D eigenvalue weighted by Gasteiger charge is -2.43. The van der Waals surface area contributed by atoms with E-state index in [0.717, 1.165) is 5.01 Å². The molecule has 7 heteroatoms. The molecule has 1 N–H and O–H groups in total. The van der Waals surface area contributed by atoms with E-state index in [4.69, 9.17) is 4.74 Å². The molecule has 118 valence electrons. The maximum atomic E-state index is 13.7. The molecule has 3 aliphatic rings. The molecule has 0 aromatic carbocycles. The third-order valence-corrected chi connectivity index (χ3v) is 5.02. The van der Waals surface area contributed by atoms with Gasteiger partial charge in [-0.25, -0.2) is 8.78 Å². The van der Waals surface area contributed by atoms with Crippen LogP contribution in [0, 0.1) is 11.3 Å². The Hall–Kier alpha value is -1.24. The molecule has 2 aliphatic heterocycles. The monoisotopic (exact) mass is 302 g/mol. The first kappa shape index (κ1) is 14.7. The van der Waals surface area contributed by atoms with Gasteiger partial charge in [0.2, 0.25) is 11.8 Å². The summed E-state index contributed by atoms with van der Waals surface area (Å²) in [6.07, 6.45) is 1.85. The lowest BCUT2D eigenvalue weighted by molar-refractivity contribution is -0.165. The average Bonchev–Trinajstić information content (AvgIpc) is 2.76. The number of hydrogen-bond acceptors (Lipinski definition) is 3. The second kappa shape index (κ2) is 5.19. The first-order valence-corrected chi connectivity index (χ1v) is 7.50. The molecule has 1 aliphatic carbocycles. The van der Waals surface area contributed by atoms with Gasteiger partial charge in [0.25, 0.3) is 5.92 Å². The molecule has 1 spiro atoms. The van der Waals surface area contributed by atoms with Crippen LogP contribution in [0.15, 0.2) is 0 Å². The summed E-state index contributed by atoms with van der Waals surface area (Å²) < 4.78 is 32.6. The maximum absolute atomic E-state index is 13.7. The van der Waals surface area contributed by atoms with Crippen LogP contribution in [-0.2, 0) is 14.3 Å². The maximum Gasteiger partial charge on any atom is 0.252 e. The number of carbonyl (C=O) groups is 2. The second-order valence-corrected chi connectivity index (χ2v) is 6.36. The number of carbonyl (C=O) groups excluding carboxylic acids is 2. The fourth-order valence-corrected chi connectivity index (χ4v) is 3.53. The summed E-state index contributed by atoms with van der Waals surface area (Å²) in [4.78, 5) is 24.6. The van der Waals surface area contributed by atoms with Crippen LogP contribution in [0.4, 0.5) is 8.78 Å². The molecular formula is C14H20F2N2O3. The molecule has 2 saturated heterocycles. The third kappa shape index (κ3) is 2.63. The van der Waals surface area contributed by atoms with Gasteiger partial charge in [0.1, 0.15) is 0 Å². The Morgan fingerprint density at radius 2 is 1.95 bits per heavy atom. The van der Waals surface area contributed by atoms with E-state index in [0.29, 0.717) is 38.9 Å². The summed E-state index contributed by atoms with van der Waals surface area (Å²) >= 11 is 0. The number of alkyl halides is 2. The average molecular weight is 302 g/mol. The van der Waals surface area contributed by atoms with Crippen LogP contribution in [0.3, 0.4) is 0 Å². The Morgan fingerprint density at radius 1 is 1.24 bits per heavy atom. The van der Waals surface area contributed by atoms with Crippen LogP contribution in [0.5, 0.6) is 0 Å². The van der Waals surface area contributed by atoms with Gasteiger partial charge in [-0.15, -0.1) is 0 Å². The fourth-order valence-electron chi connectivity index (χ4n) is 3.53. The highest BCUT2D eigenvalue weighted by atomic mass is 19.3. The zero-order valence-corrected chi connectivity index (χ0v) is 11.9. The van der Waals surface area contributed by atoms with Crippen LogP contribution < -0.4 is 5.43 Å². The highest BCUT2D eigenvalue weighted by molar-refractivity contribution is 5.94. The molecule has 1 unspecified atom stereocenters. The quantitative estimate of drug-likeness (QED) is 0.840. The van der Waals surface area contributed by atoms with Gasteiger partial charge in [-0.1, -0.05) is 0 Å². The van der Waals surface area contributed by atoms with Gasteiger partial charge in [0.15, 0.2) is 0 Å². The fraction of sp³-hybridized carbons (Fsp3) is 0.857. The molecule has 0 bridgehead atoms. The molecular weight excluding hydrogens is 282 g/mol. The number of halogens is 2. The lowest BCUT2D eigenvalue weighted by atomic mass is 9.75. The minimum Gasteiger partial charge on any atom is -0.381 e. The summed E-state index contributed by atoms with van der Waals surface area (Å²) in [5.74, 6) is -4.09. The van der Waals surface area contributed by atoms with Crippen molar-refractivity contribution in [1.29, 1.82) is 0 Å². The van der Waals surface area contributed by atoms with Crippen LogP contribution in [0.2, 0.25) is 0 Å². The minimum atomic E-state index is -2.74. The van der Waals surface area contributed by atoms with Gasteiger partial charge >= 0.3 is 0 Å². The number of hydrogen-bond donors (Lipinski definition) is 1. The standard InChI is InChI=1S/C14H20F2N2O3/c15-14(16)3-1-2-10(14)9-18-11(19)8-13(12(20)17-18)4-6-21-7-5-13/h10H,1-9H2,(H,17,20). The van der Waals surface area contributed by atoms with E-state index < -0.39 is 17.3 Å². The topological polar surface area (TPSA) is 58.6 Å². The van der Waals surface area contributed by atoms with Gasteiger partial charge in [0, 0.05) is 32.0 Å². The first-order chi connectivity index (χ1) is 9.93. The van der Waals surface area contributed by atoms with E-state index in [-0.39, 0.29) is 31.2 Å². The number of ether oxygens (including phenoxy) is 1. The third-order valence-electron chi connectivity index (χ3n) is 5.02. The molecule has 21 heavy (non-hydrogen) atoms. The molecule has 2 heterocycles. The van der Waals surface area contributed by atoms with Gasteiger partial charge in [-0.05, 0) is 25.7 Å². The smallest absolute Gasteiger partial charge is 0.252 e. The van der Waals surface area contributed by atoms with Crippen molar-refractivity contribution in [2.75, 3.05) is 19.8 Å². The predicted octanol–water partition coefficient (Wildman–Crippen LogP) is 1.48. The Bertz CT molecular complexity index is 450. The molecule has 0 aromatic heterocycles. The SMILES string of the molecule is O=C1CC2(CCOCC2)C(=O)NN1CC1CCCC1(F)F.